The Balaban J connectivity index is 1.52. The third-order valence-corrected chi connectivity index (χ3v) is 6.57. The third-order valence-electron chi connectivity index (χ3n) is 4.89. The van der Waals surface area contributed by atoms with E-state index in [-0.39, 0.29) is 11.8 Å². The van der Waals surface area contributed by atoms with Crippen LogP contribution in [0.5, 0.6) is 0 Å². The molecule has 9 heteroatoms. The second-order valence-corrected chi connectivity index (χ2v) is 8.58. The maximum absolute atomic E-state index is 13.2. The summed E-state index contributed by atoms with van der Waals surface area (Å²) in [6.07, 6.45) is 5.53. The zero-order valence-electron chi connectivity index (χ0n) is 16.7. The van der Waals surface area contributed by atoms with Gasteiger partial charge in [-0.25, -0.2) is 4.98 Å². The molecule has 31 heavy (non-hydrogen) atoms. The molecule has 1 unspecified atom stereocenters. The number of benzene rings is 2. The molecular weight excluding hydrogens is 430 g/mol. The number of nitrogens with one attached hydrogen (secondary N) is 1. The van der Waals surface area contributed by atoms with Crippen LogP contribution in [0.3, 0.4) is 0 Å². The molecule has 3 aromatic rings. The van der Waals surface area contributed by atoms with E-state index in [1.807, 2.05) is 41.3 Å². The van der Waals surface area contributed by atoms with Crippen molar-refractivity contribution in [3.8, 4) is 11.8 Å². The molecule has 1 N–H and O–H groups in total. The Labute approximate surface area is 188 Å². The summed E-state index contributed by atoms with van der Waals surface area (Å²) in [6.45, 7) is 0. The zero-order chi connectivity index (χ0) is 21.8. The standard InChI is InChI=1S/C22H19N5O2S2/c1-30-22-24-9-10-26(22)18-4-2-3-16(11-18)21(29)27-14-31-13-19(27)20(28)25-17-7-5-15(12-23)6-8-17/h2-11,19H,13-14H2,1H3,(H,25,28). The van der Waals surface area contributed by atoms with Crippen LogP contribution in [0.25, 0.3) is 5.69 Å². The van der Waals surface area contributed by atoms with Gasteiger partial charge in [0.1, 0.15) is 6.04 Å². The minimum atomic E-state index is -0.563. The van der Waals surface area contributed by atoms with Crippen molar-refractivity contribution in [2.75, 3.05) is 23.2 Å². The van der Waals surface area contributed by atoms with Gasteiger partial charge in [0.2, 0.25) is 5.91 Å². The highest BCUT2D eigenvalue weighted by Crippen LogP contribution is 2.26. The number of carbonyl (C=O) groups is 2. The minimum Gasteiger partial charge on any atom is -0.324 e. The van der Waals surface area contributed by atoms with Gasteiger partial charge < -0.3 is 10.2 Å². The third kappa shape index (κ3) is 4.45. The molecule has 0 aliphatic carbocycles. The van der Waals surface area contributed by atoms with Gasteiger partial charge in [-0.05, 0) is 48.7 Å². The lowest BCUT2D eigenvalue weighted by Gasteiger charge is -2.23. The molecule has 0 radical (unpaired) electrons. The molecule has 1 aliphatic heterocycles. The van der Waals surface area contributed by atoms with Gasteiger partial charge in [-0.3, -0.25) is 14.2 Å². The molecule has 1 aromatic heterocycles. The van der Waals surface area contributed by atoms with E-state index in [2.05, 4.69) is 10.3 Å². The van der Waals surface area contributed by atoms with Crippen LogP contribution < -0.4 is 5.32 Å². The van der Waals surface area contributed by atoms with E-state index in [1.54, 1.807) is 53.2 Å². The molecule has 2 heterocycles. The normalized spacial score (nSPS) is 15.5. The quantitative estimate of drug-likeness (QED) is 0.598. The maximum Gasteiger partial charge on any atom is 0.255 e. The van der Waals surface area contributed by atoms with E-state index >= 15 is 0 Å². The van der Waals surface area contributed by atoms with Gasteiger partial charge in [0, 0.05) is 35.1 Å². The first kappa shape index (κ1) is 21.0. The van der Waals surface area contributed by atoms with E-state index in [9.17, 15) is 9.59 Å². The summed E-state index contributed by atoms with van der Waals surface area (Å²) in [5, 5.41) is 12.6. The topological polar surface area (TPSA) is 91.0 Å². The Bertz CT molecular complexity index is 1150. The van der Waals surface area contributed by atoms with Crippen molar-refractivity contribution >= 4 is 41.0 Å². The van der Waals surface area contributed by atoms with Crippen LogP contribution in [0.1, 0.15) is 15.9 Å². The molecule has 1 aliphatic rings. The molecule has 1 fully saturated rings. The highest BCUT2D eigenvalue weighted by atomic mass is 32.2. The summed E-state index contributed by atoms with van der Waals surface area (Å²) >= 11 is 3.08. The summed E-state index contributed by atoms with van der Waals surface area (Å²) in [4.78, 5) is 32.0. The first-order chi connectivity index (χ1) is 15.1. The molecule has 2 amide bonds. The number of hydrogen-bond acceptors (Lipinski definition) is 6. The summed E-state index contributed by atoms with van der Waals surface area (Å²) < 4.78 is 1.93. The van der Waals surface area contributed by atoms with Crippen molar-refractivity contribution in [3.05, 3.63) is 72.1 Å². The summed E-state index contributed by atoms with van der Waals surface area (Å²) in [7, 11) is 0. The number of imidazole rings is 1. The van der Waals surface area contributed by atoms with Crippen molar-refractivity contribution in [1.29, 1.82) is 5.26 Å². The molecule has 4 rings (SSSR count). The minimum absolute atomic E-state index is 0.183. The fourth-order valence-corrected chi connectivity index (χ4v) is 4.99. The highest BCUT2D eigenvalue weighted by molar-refractivity contribution is 7.99. The molecule has 0 saturated carbocycles. The van der Waals surface area contributed by atoms with E-state index in [4.69, 9.17) is 5.26 Å². The Hall–Kier alpha value is -3.22. The number of rotatable bonds is 5. The number of carbonyl (C=O) groups excluding carboxylic acids is 2. The van der Waals surface area contributed by atoms with Gasteiger partial charge in [0.25, 0.3) is 5.91 Å². The van der Waals surface area contributed by atoms with Crippen LogP contribution in [-0.2, 0) is 4.79 Å². The first-order valence-corrected chi connectivity index (χ1v) is 11.9. The van der Waals surface area contributed by atoms with Crippen molar-refractivity contribution < 1.29 is 9.59 Å². The van der Waals surface area contributed by atoms with Gasteiger partial charge in [-0.2, -0.15) is 5.26 Å². The van der Waals surface area contributed by atoms with Crippen LogP contribution in [0, 0.1) is 11.3 Å². The Kier molecular flexibility index (Phi) is 6.30. The number of aromatic nitrogens is 2. The van der Waals surface area contributed by atoms with Gasteiger partial charge in [0.05, 0.1) is 17.5 Å². The molecule has 7 nitrogen and oxygen atoms in total. The van der Waals surface area contributed by atoms with Gasteiger partial charge in [0.15, 0.2) is 5.16 Å². The largest absolute Gasteiger partial charge is 0.324 e. The maximum atomic E-state index is 13.2. The molecule has 0 bridgehead atoms. The van der Waals surface area contributed by atoms with E-state index in [0.717, 1.165) is 10.8 Å². The summed E-state index contributed by atoms with van der Waals surface area (Å²) in [6, 6.07) is 15.5. The van der Waals surface area contributed by atoms with Crippen molar-refractivity contribution in [3.63, 3.8) is 0 Å². The van der Waals surface area contributed by atoms with Crippen LogP contribution in [-0.4, -0.2) is 50.2 Å². The molecule has 0 spiro atoms. The van der Waals surface area contributed by atoms with Gasteiger partial charge in [-0.1, -0.05) is 17.8 Å². The molecule has 1 atom stereocenters. The van der Waals surface area contributed by atoms with E-state index in [1.165, 1.54) is 11.8 Å². The predicted octanol–water partition coefficient (Wildman–Crippen LogP) is 3.62. The second kappa shape index (κ2) is 9.29. The number of nitrogens with zero attached hydrogens (tertiary/aromatic N) is 4. The summed E-state index contributed by atoms with van der Waals surface area (Å²) in [5.41, 5.74) is 2.49. The van der Waals surface area contributed by atoms with Crippen LogP contribution in [0.2, 0.25) is 0 Å². The Morgan fingerprint density at radius 1 is 1.26 bits per heavy atom. The van der Waals surface area contributed by atoms with E-state index < -0.39 is 6.04 Å². The van der Waals surface area contributed by atoms with Gasteiger partial charge in [-0.15, -0.1) is 11.8 Å². The molecule has 1 saturated heterocycles. The highest BCUT2D eigenvalue weighted by Gasteiger charge is 2.35. The lowest BCUT2D eigenvalue weighted by Crippen LogP contribution is -2.44. The van der Waals surface area contributed by atoms with Crippen LogP contribution >= 0.6 is 23.5 Å². The average Bonchev–Trinajstić information content (AvgIpc) is 3.49. The second-order valence-electron chi connectivity index (χ2n) is 6.80. The number of nitriles is 1. The molecular formula is C22H19N5O2S2. The molecule has 2 aromatic carbocycles. The number of anilines is 1. The number of amides is 2. The van der Waals surface area contributed by atoms with Gasteiger partial charge >= 0.3 is 0 Å². The van der Waals surface area contributed by atoms with E-state index in [0.29, 0.717) is 28.4 Å². The first-order valence-electron chi connectivity index (χ1n) is 9.48. The van der Waals surface area contributed by atoms with Crippen molar-refractivity contribution in [2.45, 2.75) is 11.2 Å². The predicted molar refractivity (Wildman–Crippen MR) is 122 cm³/mol. The average molecular weight is 450 g/mol. The lowest BCUT2D eigenvalue weighted by molar-refractivity contribution is -0.119. The molecule has 156 valence electrons. The zero-order valence-corrected chi connectivity index (χ0v) is 18.3. The lowest BCUT2D eigenvalue weighted by atomic mass is 10.1. The van der Waals surface area contributed by atoms with Crippen molar-refractivity contribution in [1.82, 2.24) is 14.5 Å². The monoisotopic (exact) mass is 449 g/mol. The van der Waals surface area contributed by atoms with Crippen LogP contribution in [0.4, 0.5) is 5.69 Å². The Morgan fingerprint density at radius 3 is 2.81 bits per heavy atom. The summed E-state index contributed by atoms with van der Waals surface area (Å²) in [5.74, 6) is 0.567. The SMILES string of the molecule is CSc1nccn1-c1cccc(C(=O)N2CSCC2C(=O)Nc2ccc(C#N)cc2)c1. The fourth-order valence-electron chi connectivity index (χ4n) is 3.31. The smallest absolute Gasteiger partial charge is 0.255 e. The fraction of sp³-hybridized carbons (Fsp3) is 0.182. The number of thioether (sulfide) groups is 2. The Morgan fingerprint density at radius 2 is 2.06 bits per heavy atom. The number of hydrogen-bond donors (Lipinski definition) is 1. The van der Waals surface area contributed by atoms with Crippen LogP contribution in [0.15, 0.2) is 66.1 Å². The van der Waals surface area contributed by atoms with Crippen molar-refractivity contribution in [2.24, 2.45) is 0 Å².